The summed E-state index contributed by atoms with van der Waals surface area (Å²) in [4.78, 5) is 14.2. The van der Waals surface area contributed by atoms with Crippen LogP contribution in [0.3, 0.4) is 0 Å². The highest BCUT2D eigenvalue weighted by molar-refractivity contribution is 6.34. The largest absolute Gasteiger partial charge is 0.321 e. The van der Waals surface area contributed by atoms with Crippen LogP contribution in [0, 0.1) is 6.92 Å². The summed E-state index contributed by atoms with van der Waals surface area (Å²) in [7, 11) is 0. The van der Waals surface area contributed by atoms with Gasteiger partial charge in [-0.3, -0.25) is 4.79 Å². The first-order chi connectivity index (χ1) is 14.5. The summed E-state index contributed by atoms with van der Waals surface area (Å²) in [6, 6.07) is 19.2. The van der Waals surface area contributed by atoms with Gasteiger partial charge in [0.1, 0.15) is 11.0 Å². The molecule has 0 aliphatic rings. The molecular weight excluding hydrogens is 396 g/mol. The zero-order valence-electron chi connectivity index (χ0n) is 17.0. The second-order valence-corrected chi connectivity index (χ2v) is 7.76. The Morgan fingerprint density at radius 2 is 1.73 bits per heavy atom. The van der Waals surface area contributed by atoms with Crippen molar-refractivity contribution in [1.29, 1.82) is 0 Å². The van der Waals surface area contributed by atoms with Crippen molar-refractivity contribution in [3.63, 3.8) is 0 Å². The second-order valence-electron chi connectivity index (χ2n) is 7.35. The molecular formula is C24H23ClN4O. The van der Waals surface area contributed by atoms with E-state index in [1.165, 1.54) is 18.4 Å². The number of unbranched alkanes of at least 4 members (excludes halogenated alkanes) is 1. The first-order valence-corrected chi connectivity index (χ1v) is 10.5. The van der Waals surface area contributed by atoms with Crippen LogP contribution >= 0.6 is 11.6 Å². The average Bonchev–Trinajstić information content (AvgIpc) is 3.15. The topological polar surface area (TPSA) is 59.8 Å². The highest BCUT2D eigenvalue weighted by Crippen LogP contribution is 2.27. The number of hydrogen-bond donors (Lipinski definition) is 1. The van der Waals surface area contributed by atoms with E-state index in [0.717, 1.165) is 17.7 Å². The van der Waals surface area contributed by atoms with Crippen LogP contribution in [-0.2, 0) is 6.42 Å². The van der Waals surface area contributed by atoms with Crippen LogP contribution in [-0.4, -0.2) is 20.9 Å². The van der Waals surface area contributed by atoms with Crippen LogP contribution in [0.2, 0.25) is 5.02 Å². The van der Waals surface area contributed by atoms with E-state index in [1.54, 1.807) is 23.0 Å². The number of carbonyl (C=O) groups is 1. The van der Waals surface area contributed by atoms with Crippen LogP contribution in [0.5, 0.6) is 0 Å². The lowest BCUT2D eigenvalue weighted by molar-refractivity contribution is 0.102. The van der Waals surface area contributed by atoms with Crippen LogP contribution in [0.4, 0.5) is 5.69 Å². The number of aromatic nitrogens is 3. The third-order valence-electron chi connectivity index (χ3n) is 5.09. The van der Waals surface area contributed by atoms with Gasteiger partial charge in [-0.15, -0.1) is 10.2 Å². The van der Waals surface area contributed by atoms with Crippen LogP contribution in [0.25, 0.3) is 16.7 Å². The van der Waals surface area contributed by atoms with Gasteiger partial charge in [-0.05, 0) is 61.2 Å². The fraction of sp³-hybridized carbons (Fsp3) is 0.208. The second kappa shape index (κ2) is 8.67. The highest BCUT2D eigenvalue weighted by atomic mass is 35.5. The third-order valence-corrected chi connectivity index (χ3v) is 5.41. The quantitative estimate of drug-likeness (QED) is 0.419. The lowest BCUT2D eigenvalue weighted by Crippen LogP contribution is -2.13. The molecule has 1 heterocycles. The molecule has 1 amide bonds. The maximum atomic E-state index is 12.6. The van der Waals surface area contributed by atoms with E-state index in [1.807, 2.05) is 37.3 Å². The monoisotopic (exact) mass is 418 g/mol. The molecule has 4 rings (SSSR count). The fourth-order valence-corrected chi connectivity index (χ4v) is 3.55. The molecule has 0 aliphatic carbocycles. The molecule has 5 nitrogen and oxygen atoms in total. The van der Waals surface area contributed by atoms with Gasteiger partial charge in [0, 0.05) is 5.56 Å². The minimum atomic E-state index is -0.204. The Morgan fingerprint density at radius 1 is 1.03 bits per heavy atom. The predicted octanol–water partition coefficient (Wildman–Crippen LogP) is 5.98. The third kappa shape index (κ3) is 4.21. The molecule has 0 unspecified atom stereocenters. The minimum Gasteiger partial charge on any atom is -0.321 e. The maximum Gasteiger partial charge on any atom is 0.255 e. The number of aryl methyl sites for hydroxylation is 2. The van der Waals surface area contributed by atoms with E-state index in [9.17, 15) is 4.79 Å². The summed E-state index contributed by atoms with van der Waals surface area (Å²) in [6.45, 7) is 4.09. The lowest BCUT2D eigenvalue weighted by Gasteiger charge is -2.08. The molecule has 1 aromatic heterocycles. The number of hydrogen-bond acceptors (Lipinski definition) is 3. The Balaban J connectivity index is 1.60. The van der Waals surface area contributed by atoms with Crippen LogP contribution in [0.1, 0.15) is 41.3 Å². The number of halogens is 1. The van der Waals surface area contributed by atoms with Crippen molar-refractivity contribution in [3.8, 4) is 5.69 Å². The van der Waals surface area contributed by atoms with Gasteiger partial charge in [-0.2, -0.15) is 4.80 Å². The molecule has 0 saturated heterocycles. The van der Waals surface area contributed by atoms with E-state index in [2.05, 4.69) is 34.6 Å². The van der Waals surface area contributed by atoms with Crippen molar-refractivity contribution >= 4 is 34.2 Å². The number of amides is 1. The fourth-order valence-electron chi connectivity index (χ4n) is 3.34. The molecule has 0 atom stereocenters. The molecule has 0 spiro atoms. The van der Waals surface area contributed by atoms with E-state index in [0.29, 0.717) is 27.3 Å². The number of nitrogens with one attached hydrogen (secondary N) is 1. The van der Waals surface area contributed by atoms with Crippen molar-refractivity contribution in [2.75, 3.05) is 5.32 Å². The smallest absolute Gasteiger partial charge is 0.255 e. The molecule has 6 heteroatoms. The van der Waals surface area contributed by atoms with Crippen LogP contribution < -0.4 is 5.32 Å². The Hall–Kier alpha value is -3.18. The average molecular weight is 419 g/mol. The van der Waals surface area contributed by atoms with Crippen LogP contribution in [0.15, 0.2) is 60.7 Å². The summed E-state index contributed by atoms with van der Waals surface area (Å²) >= 11 is 6.41. The molecule has 0 saturated carbocycles. The van der Waals surface area contributed by atoms with E-state index in [4.69, 9.17) is 11.6 Å². The number of nitrogens with zero attached hydrogens (tertiary/aromatic N) is 3. The molecule has 152 valence electrons. The van der Waals surface area contributed by atoms with Crippen molar-refractivity contribution < 1.29 is 4.79 Å². The SMILES string of the molecule is CCCCc1ccc(-n2nc3cc(Cl)c(NC(=O)c4ccccc4C)cc3n2)cc1. The number of fused-ring (bicyclic) bond motifs is 1. The van der Waals surface area contributed by atoms with E-state index >= 15 is 0 Å². The zero-order chi connectivity index (χ0) is 21.1. The zero-order valence-corrected chi connectivity index (χ0v) is 17.8. The van der Waals surface area contributed by atoms with Gasteiger partial charge >= 0.3 is 0 Å². The first-order valence-electron chi connectivity index (χ1n) is 10.1. The molecule has 4 aromatic rings. The summed E-state index contributed by atoms with van der Waals surface area (Å²) in [5.74, 6) is -0.204. The van der Waals surface area contributed by atoms with Crippen molar-refractivity contribution in [1.82, 2.24) is 15.0 Å². The minimum absolute atomic E-state index is 0.204. The van der Waals surface area contributed by atoms with E-state index in [-0.39, 0.29) is 5.91 Å². The van der Waals surface area contributed by atoms with Gasteiger partial charge in [-0.25, -0.2) is 0 Å². The molecule has 0 aliphatic heterocycles. The molecule has 0 fully saturated rings. The maximum absolute atomic E-state index is 12.6. The highest BCUT2D eigenvalue weighted by Gasteiger charge is 2.14. The molecule has 0 bridgehead atoms. The van der Waals surface area contributed by atoms with Gasteiger partial charge in [0.2, 0.25) is 0 Å². The Labute approximate surface area is 180 Å². The summed E-state index contributed by atoms with van der Waals surface area (Å²) in [5.41, 5.74) is 5.55. The molecule has 3 aromatic carbocycles. The number of carbonyl (C=O) groups excluding carboxylic acids is 1. The standard InChI is InChI=1S/C24H23ClN4O/c1-3-4-8-17-10-12-18(13-11-17)29-27-22-14-20(25)21(15-23(22)28-29)26-24(30)19-9-6-5-7-16(19)2/h5-7,9-15H,3-4,8H2,1-2H3,(H,26,30). The van der Waals surface area contributed by atoms with Gasteiger partial charge in [-0.1, -0.05) is 55.3 Å². The Kier molecular flexibility index (Phi) is 5.81. The van der Waals surface area contributed by atoms with Crippen molar-refractivity contribution in [2.45, 2.75) is 33.1 Å². The Bertz CT molecular complexity index is 1200. The van der Waals surface area contributed by atoms with Gasteiger partial charge < -0.3 is 5.32 Å². The number of anilines is 1. The summed E-state index contributed by atoms with van der Waals surface area (Å²) in [5, 5.41) is 12.4. The molecule has 30 heavy (non-hydrogen) atoms. The number of rotatable bonds is 6. The lowest BCUT2D eigenvalue weighted by atomic mass is 10.1. The number of benzene rings is 3. The van der Waals surface area contributed by atoms with E-state index < -0.39 is 0 Å². The normalized spacial score (nSPS) is 11.0. The van der Waals surface area contributed by atoms with Gasteiger partial charge in [0.25, 0.3) is 5.91 Å². The summed E-state index contributed by atoms with van der Waals surface area (Å²) in [6.07, 6.45) is 3.43. The molecule has 1 N–H and O–H groups in total. The predicted molar refractivity (Wildman–Crippen MR) is 122 cm³/mol. The molecule has 0 radical (unpaired) electrons. The summed E-state index contributed by atoms with van der Waals surface area (Å²) < 4.78 is 0. The Morgan fingerprint density at radius 3 is 2.43 bits per heavy atom. The van der Waals surface area contributed by atoms with Crippen molar-refractivity contribution in [3.05, 3.63) is 82.4 Å². The van der Waals surface area contributed by atoms with Gasteiger partial charge in [0.05, 0.1) is 16.4 Å². The first kappa shape index (κ1) is 20.1. The van der Waals surface area contributed by atoms with Gasteiger partial charge in [0.15, 0.2) is 0 Å². The van der Waals surface area contributed by atoms with Crippen molar-refractivity contribution in [2.24, 2.45) is 0 Å².